The Kier molecular flexibility index (Phi) is 3.26. The van der Waals surface area contributed by atoms with E-state index in [0.717, 1.165) is 25.8 Å². The number of nitrogens with zero attached hydrogens (tertiary/aromatic N) is 1. The first-order chi connectivity index (χ1) is 7.20. The van der Waals surface area contributed by atoms with Crippen LogP contribution < -0.4 is 5.73 Å². The highest BCUT2D eigenvalue weighted by molar-refractivity contribution is 5.80. The van der Waals surface area contributed by atoms with Crippen LogP contribution in [0, 0.1) is 5.92 Å². The summed E-state index contributed by atoms with van der Waals surface area (Å²) in [6.07, 6.45) is 3.05. The van der Waals surface area contributed by atoms with Crippen molar-refractivity contribution in [2.24, 2.45) is 11.7 Å². The molecule has 2 unspecified atom stereocenters. The number of ether oxygens (including phenoxy) is 1. The molecular weight excluding hydrogens is 192 g/mol. The average Bonchev–Trinajstić information content (AvgIpc) is 2.64. The molecule has 1 amide bonds. The summed E-state index contributed by atoms with van der Waals surface area (Å²) in [4.78, 5) is 14.2. The van der Waals surface area contributed by atoms with Crippen LogP contribution in [-0.2, 0) is 9.53 Å². The van der Waals surface area contributed by atoms with Crippen LogP contribution in [0.1, 0.15) is 26.2 Å². The molecule has 4 nitrogen and oxygen atoms in total. The van der Waals surface area contributed by atoms with E-state index in [0.29, 0.717) is 13.2 Å². The van der Waals surface area contributed by atoms with Gasteiger partial charge in [-0.2, -0.15) is 0 Å². The minimum Gasteiger partial charge on any atom is -0.377 e. The van der Waals surface area contributed by atoms with E-state index in [1.807, 2.05) is 11.8 Å². The molecule has 0 aromatic carbocycles. The predicted octanol–water partition coefficient (Wildman–Crippen LogP) is 0.361. The monoisotopic (exact) mass is 212 g/mol. The first-order valence-electron chi connectivity index (χ1n) is 5.84. The summed E-state index contributed by atoms with van der Waals surface area (Å²) in [5.74, 6) is 0.307. The number of hydrogen-bond donors (Lipinski definition) is 1. The Labute approximate surface area is 90.8 Å². The highest BCUT2D eigenvalue weighted by Crippen LogP contribution is 2.27. The fourth-order valence-electron chi connectivity index (χ4n) is 2.56. The lowest BCUT2D eigenvalue weighted by molar-refractivity contribution is -0.143. The summed E-state index contributed by atoms with van der Waals surface area (Å²) in [7, 11) is 0. The van der Waals surface area contributed by atoms with Gasteiger partial charge in [0.05, 0.1) is 25.2 Å². The topological polar surface area (TPSA) is 55.6 Å². The molecule has 0 spiro atoms. The van der Waals surface area contributed by atoms with Crippen molar-refractivity contribution in [2.75, 3.05) is 19.8 Å². The molecule has 1 saturated heterocycles. The normalized spacial score (nSPS) is 36.9. The van der Waals surface area contributed by atoms with Crippen molar-refractivity contribution in [2.45, 2.75) is 38.3 Å². The molecule has 0 aromatic rings. The van der Waals surface area contributed by atoms with Crippen LogP contribution in [0.3, 0.4) is 0 Å². The molecule has 2 N–H and O–H groups in total. The molecular formula is C11H20N2O2. The lowest BCUT2D eigenvalue weighted by Crippen LogP contribution is -2.51. The fourth-order valence-corrected chi connectivity index (χ4v) is 2.56. The van der Waals surface area contributed by atoms with Crippen LogP contribution >= 0.6 is 0 Å². The third kappa shape index (κ3) is 2.16. The van der Waals surface area contributed by atoms with E-state index >= 15 is 0 Å². The maximum atomic E-state index is 12.2. The van der Waals surface area contributed by atoms with E-state index in [1.165, 1.54) is 0 Å². The van der Waals surface area contributed by atoms with Gasteiger partial charge in [-0.05, 0) is 19.8 Å². The van der Waals surface area contributed by atoms with Crippen LogP contribution in [0.4, 0.5) is 0 Å². The van der Waals surface area contributed by atoms with Gasteiger partial charge in [0.2, 0.25) is 5.91 Å². The Morgan fingerprint density at radius 3 is 2.87 bits per heavy atom. The van der Waals surface area contributed by atoms with Crippen LogP contribution in [0.5, 0.6) is 0 Å². The zero-order valence-corrected chi connectivity index (χ0v) is 9.32. The Hall–Kier alpha value is -0.610. The van der Waals surface area contributed by atoms with Crippen molar-refractivity contribution in [3.05, 3.63) is 0 Å². The van der Waals surface area contributed by atoms with Gasteiger partial charge in [-0.3, -0.25) is 4.79 Å². The van der Waals surface area contributed by atoms with E-state index in [-0.39, 0.29) is 23.9 Å². The van der Waals surface area contributed by atoms with Gasteiger partial charge in [-0.25, -0.2) is 0 Å². The molecule has 0 bridgehead atoms. The Balaban J connectivity index is 1.99. The number of carbonyl (C=O) groups excluding carboxylic acids is 1. The molecule has 1 aliphatic carbocycles. The Bertz CT molecular complexity index is 245. The van der Waals surface area contributed by atoms with Crippen molar-refractivity contribution >= 4 is 5.91 Å². The number of amides is 1. The summed E-state index contributed by atoms with van der Waals surface area (Å²) in [5.41, 5.74) is 5.95. The van der Waals surface area contributed by atoms with E-state index in [2.05, 4.69) is 0 Å². The standard InChI is InChI=1S/C11H20N2O2/c1-8-7-15-6-5-13(8)11(14)9-3-2-4-10(9)12/h8-10H,2-7,12H2,1H3/t8-,9?,10?/m1/s1. The molecule has 1 saturated carbocycles. The smallest absolute Gasteiger partial charge is 0.227 e. The average molecular weight is 212 g/mol. The molecule has 86 valence electrons. The molecule has 4 heteroatoms. The second-order valence-corrected chi connectivity index (χ2v) is 4.66. The minimum atomic E-state index is 0.0607. The summed E-state index contributed by atoms with van der Waals surface area (Å²) < 4.78 is 5.33. The second kappa shape index (κ2) is 4.49. The summed E-state index contributed by atoms with van der Waals surface area (Å²) in [6, 6.07) is 0.284. The third-order valence-electron chi connectivity index (χ3n) is 3.54. The van der Waals surface area contributed by atoms with E-state index in [4.69, 9.17) is 10.5 Å². The van der Waals surface area contributed by atoms with Crippen LogP contribution in [0.2, 0.25) is 0 Å². The lowest BCUT2D eigenvalue weighted by atomic mass is 10.0. The predicted molar refractivity (Wildman–Crippen MR) is 57.3 cm³/mol. The number of rotatable bonds is 1. The van der Waals surface area contributed by atoms with Gasteiger partial charge in [0.1, 0.15) is 0 Å². The zero-order valence-electron chi connectivity index (χ0n) is 9.32. The van der Waals surface area contributed by atoms with Gasteiger partial charge >= 0.3 is 0 Å². The molecule has 0 aromatic heterocycles. The molecule has 1 aliphatic heterocycles. The maximum absolute atomic E-state index is 12.2. The summed E-state index contributed by atoms with van der Waals surface area (Å²) in [6.45, 7) is 4.09. The second-order valence-electron chi connectivity index (χ2n) is 4.66. The first kappa shape index (κ1) is 10.9. The maximum Gasteiger partial charge on any atom is 0.227 e. The lowest BCUT2D eigenvalue weighted by Gasteiger charge is -2.35. The molecule has 3 atom stereocenters. The van der Waals surface area contributed by atoms with Crippen molar-refractivity contribution in [3.8, 4) is 0 Å². The van der Waals surface area contributed by atoms with E-state index in [1.54, 1.807) is 0 Å². The molecule has 0 radical (unpaired) electrons. The number of morpholine rings is 1. The SMILES string of the molecule is C[C@@H]1COCCN1C(=O)C1CCCC1N. The Morgan fingerprint density at radius 2 is 2.27 bits per heavy atom. The summed E-state index contributed by atoms with van der Waals surface area (Å²) >= 11 is 0. The summed E-state index contributed by atoms with van der Waals surface area (Å²) in [5, 5.41) is 0. The van der Waals surface area contributed by atoms with Crippen molar-refractivity contribution in [1.29, 1.82) is 0 Å². The molecule has 2 fully saturated rings. The highest BCUT2D eigenvalue weighted by Gasteiger charge is 2.35. The number of hydrogen-bond acceptors (Lipinski definition) is 3. The molecule has 2 aliphatic rings. The molecule has 2 rings (SSSR count). The van der Waals surface area contributed by atoms with Crippen LogP contribution in [0.25, 0.3) is 0 Å². The van der Waals surface area contributed by atoms with Gasteiger partial charge in [-0.15, -0.1) is 0 Å². The van der Waals surface area contributed by atoms with Gasteiger partial charge in [0.25, 0.3) is 0 Å². The van der Waals surface area contributed by atoms with E-state index in [9.17, 15) is 4.79 Å². The fraction of sp³-hybridized carbons (Fsp3) is 0.909. The van der Waals surface area contributed by atoms with Gasteiger partial charge < -0.3 is 15.4 Å². The Morgan fingerprint density at radius 1 is 1.47 bits per heavy atom. The van der Waals surface area contributed by atoms with Gasteiger partial charge in [0.15, 0.2) is 0 Å². The van der Waals surface area contributed by atoms with Crippen molar-refractivity contribution < 1.29 is 9.53 Å². The van der Waals surface area contributed by atoms with Crippen LogP contribution in [0.15, 0.2) is 0 Å². The first-order valence-corrected chi connectivity index (χ1v) is 5.84. The number of nitrogens with two attached hydrogens (primary N) is 1. The van der Waals surface area contributed by atoms with Gasteiger partial charge in [0, 0.05) is 12.6 Å². The highest BCUT2D eigenvalue weighted by atomic mass is 16.5. The quantitative estimate of drug-likeness (QED) is 0.683. The van der Waals surface area contributed by atoms with Crippen LogP contribution in [-0.4, -0.2) is 42.6 Å². The van der Waals surface area contributed by atoms with Crippen molar-refractivity contribution in [3.63, 3.8) is 0 Å². The largest absolute Gasteiger partial charge is 0.377 e. The third-order valence-corrected chi connectivity index (χ3v) is 3.54. The minimum absolute atomic E-state index is 0.0607. The molecule has 1 heterocycles. The van der Waals surface area contributed by atoms with Crippen molar-refractivity contribution in [1.82, 2.24) is 4.90 Å². The molecule has 15 heavy (non-hydrogen) atoms. The number of carbonyl (C=O) groups is 1. The zero-order chi connectivity index (χ0) is 10.8. The van der Waals surface area contributed by atoms with E-state index < -0.39 is 0 Å². The van der Waals surface area contributed by atoms with Gasteiger partial charge in [-0.1, -0.05) is 6.42 Å².